The van der Waals surface area contributed by atoms with Gasteiger partial charge in [0.2, 0.25) is 0 Å². The molecule has 1 N–H and O–H groups in total. The highest BCUT2D eigenvalue weighted by molar-refractivity contribution is 5.66. The van der Waals surface area contributed by atoms with Crippen LogP contribution < -0.4 is 0 Å². The van der Waals surface area contributed by atoms with E-state index in [-0.39, 0.29) is 0 Å². The van der Waals surface area contributed by atoms with Crippen molar-refractivity contribution in [1.29, 1.82) is 0 Å². The first kappa shape index (κ1) is 11.2. The van der Waals surface area contributed by atoms with Gasteiger partial charge in [-0.25, -0.2) is 4.98 Å². The third-order valence-electron chi connectivity index (χ3n) is 3.35. The van der Waals surface area contributed by atoms with Crippen molar-refractivity contribution in [3.8, 4) is 0 Å². The van der Waals surface area contributed by atoms with E-state index in [9.17, 15) is 0 Å². The maximum absolute atomic E-state index is 4.68. The standard InChI is InChI=1S/C14H20N2/c1-4-12-13(10(2)3)16-14(15-12)11-8-6-5-7-9-11/h4,11H,1-2,5-9H2,3H3,(H,15,16). The molecule has 0 spiro atoms. The van der Waals surface area contributed by atoms with Crippen LogP contribution in [0.4, 0.5) is 0 Å². The lowest BCUT2D eigenvalue weighted by molar-refractivity contribution is 0.430. The summed E-state index contributed by atoms with van der Waals surface area (Å²) in [6, 6.07) is 0. The molecule has 1 saturated carbocycles. The lowest BCUT2D eigenvalue weighted by Gasteiger charge is -2.19. The molecular formula is C14H20N2. The average molecular weight is 216 g/mol. The number of H-pyrrole nitrogens is 1. The van der Waals surface area contributed by atoms with E-state index in [1.165, 1.54) is 32.1 Å². The Labute approximate surface area is 97.5 Å². The van der Waals surface area contributed by atoms with Crippen molar-refractivity contribution >= 4 is 11.6 Å². The number of rotatable bonds is 3. The van der Waals surface area contributed by atoms with Crippen LogP contribution in [0.3, 0.4) is 0 Å². The second-order valence-electron chi connectivity index (χ2n) is 4.70. The van der Waals surface area contributed by atoms with Gasteiger partial charge < -0.3 is 4.98 Å². The van der Waals surface area contributed by atoms with E-state index in [1.54, 1.807) is 0 Å². The highest BCUT2D eigenvalue weighted by Crippen LogP contribution is 2.32. The van der Waals surface area contributed by atoms with Crippen LogP contribution in [0.25, 0.3) is 11.6 Å². The van der Waals surface area contributed by atoms with Crippen molar-refractivity contribution in [1.82, 2.24) is 9.97 Å². The molecule has 1 aliphatic rings. The van der Waals surface area contributed by atoms with E-state index in [0.29, 0.717) is 5.92 Å². The molecule has 1 fully saturated rings. The second-order valence-corrected chi connectivity index (χ2v) is 4.70. The van der Waals surface area contributed by atoms with E-state index in [0.717, 1.165) is 22.8 Å². The maximum Gasteiger partial charge on any atom is 0.110 e. The van der Waals surface area contributed by atoms with Crippen LogP contribution in [-0.2, 0) is 0 Å². The quantitative estimate of drug-likeness (QED) is 0.808. The van der Waals surface area contributed by atoms with Crippen molar-refractivity contribution < 1.29 is 0 Å². The van der Waals surface area contributed by atoms with Gasteiger partial charge in [-0.3, -0.25) is 0 Å². The Bertz CT molecular complexity index is 395. The molecule has 0 amide bonds. The van der Waals surface area contributed by atoms with E-state index in [4.69, 9.17) is 0 Å². The number of hydrogen-bond donors (Lipinski definition) is 1. The summed E-state index contributed by atoms with van der Waals surface area (Å²) in [5.74, 6) is 1.74. The predicted octanol–water partition coefficient (Wildman–Crippen LogP) is 4.13. The van der Waals surface area contributed by atoms with Crippen molar-refractivity contribution in [3.63, 3.8) is 0 Å². The monoisotopic (exact) mass is 216 g/mol. The number of aromatic nitrogens is 2. The first-order valence-corrected chi connectivity index (χ1v) is 6.10. The van der Waals surface area contributed by atoms with Gasteiger partial charge in [-0.2, -0.15) is 0 Å². The summed E-state index contributed by atoms with van der Waals surface area (Å²) in [7, 11) is 0. The summed E-state index contributed by atoms with van der Waals surface area (Å²) in [4.78, 5) is 8.07. The molecule has 0 aromatic carbocycles. The normalized spacial score (nSPS) is 17.3. The van der Waals surface area contributed by atoms with Crippen LogP contribution in [0, 0.1) is 0 Å². The summed E-state index contributed by atoms with van der Waals surface area (Å²) in [6.07, 6.45) is 8.40. The molecule has 2 nitrogen and oxygen atoms in total. The minimum atomic E-state index is 0.612. The smallest absolute Gasteiger partial charge is 0.110 e. The molecule has 1 aromatic heterocycles. The zero-order valence-corrected chi connectivity index (χ0v) is 10.1. The van der Waals surface area contributed by atoms with Gasteiger partial charge in [-0.1, -0.05) is 32.4 Å². The summed E-state index contributed by atoms with van der Waals surface area (Å²) >= 11 is 0. The fraction of sp³-hybridized carbons (Fsp3) is 0.500. The fourth-order valence-electron chi connectivity index (χ4n) is 2.45. The molecule has 0 atom stereocenters. The highest BCUT2D eigenvalue weighted by atomic mass is 14.9. The van der Waals surface area contributed by atoms with Crippen LogP contribution in [0.2, 0.25) is 0 Å². The molecule has 0 radical (unpaired) electrons. The van der Waals surface area contributed by atoms with Gasteiger partial charge >= 0.3 is 0 Å². The second kappa shape index (κ2) is 4.69. The predicted molar refractivity (Wildman–Crippen MR) is 69.2 cm³/mol. The first-order valence-electron chi connectivity index (χ1n) is 6.10. The zero-order valence-electron chi connectivity index (χ0n) is 10.1. The number of nitrogens with one attached hydrogen (secondary N) is 1. The van der Waals surface area contributed by atoms with Crippen molar-refractivity contribution in [2.24, 2.45) is 0 Å². The number of allylic oxidation sites excluding steroid dienone is 1. The lowest BCUT2D eigenvalue weighted by atomic mass is 9.89. The molecule has 1 heterocycles. The van der Waals surface area contributed by atoms with E-state index in [2.05, 4.69) is 23.1 Å². The van der Waals surface area contributed by atoms with Gasteiger partial charge in [-0.15, -0.1) is 0 Å². The van der Waals surface area contributed by atoms with Gasteiger partial charge in [0.25, 0.3) is 0 Å². The Balaban J connectivity index is 2.27. The van der Waals surface area contributed by atoms with Crippen LogP contribution in [0.1, 0.15) is 62.2 Å². The van der Waals surface area contributed by atoms with Crippen molar-refractivity contribution in [2.45, 2.75) is 44.9 Å². The minimum absolute atomic E-state index is 0.612. The van der Waals surface area contributed by atoms with Crippen LogP contribution in [-0.4, -0.2) is 9.97 Å². The van der Waals surface area contributed by atoms with Gasteiger partial charge in [0.15, 0.2) is 0 Å². The Hall–Kier alpha value is -1.31. The number of hydrogen-bond acceptors (Lipinski definition) is 1. The molecule has 0 saturated heterocycles. The molecule has 0 unspecified atom stereocenters. The third kappa shape index (κ3) is 2.11. The highest BCUT2D eigenvalue weighted by Gasteiger charge is 2.20. The van der Waals surface area contributed by atoms with Crippen LogP contribution >= 0.6 is 0 Å². The lowest BCUT2D eigenvalue weighted by Crippen LogP contribution is -2.06. The number of nitrogens with zero attached hydrogens (tertiary/aromatic N) is 1. The molecule has 2 rings (SSSR count). The molecule has 16 heavy (non-hydrogen) atoms. The minimum Gasteiger partial charge on any atom is -0.342 e. The Morgan fingerprint density at radius 1 is 1.38 bits per heavy atom. The molecule has 86 valence electrons. The van der Waals surface area contributed by atoms with Gasteiger partial charge in [0.1, 0.15) is 5.82 Å². The number of aromatic amines is 1. The molecule has 0 bridgehead atoms. The zero-order chi connectivity index (χ0) is 11.5. The van der Waals surface area contributed by atoms with Gasteiger partial charge in [0, 0.05) is 5.92 Å². The maximum atomic E-state index is 4.68. The summed E-state index contributed by atoms with van der Waals surface area (Å²) in [6.45, 7) is 9.78. The van der Waals surface area contributed by atoms with Gasteiger partial charge in [-0.05, 0) is 31.4 Å². The Morgan fingerprint density at radius 2 is 2.06 bits per heavy atom. The van der Waals surface area contributed by atoms with Crippen LogP contribution in [0.15, 0.2) is 13.2 Å². The topological polar surface area (TPSA) is 28.7 Å². The third-order valence-corrected chi connectivity index (χ3v) is 3.35. The molecule has 1 aromatic rings. The Kier molecular flexibility index (Phi) is 3.28. The number of imidazole rings is 1. The first-order chi connectivity index (χ1) is 7.72. The summed E-state index contributed by atoms with van der Waals surface area (Å²) in [5, 5.41) is 0. The molecule has 0 aliphatic heterocycles. The molecule has 1 aliphatic carbocycles. The van der Waals surface area contributed by atoms with E-state index >= 15 is 0 Å². The largest absolute Gasteiger partial charge is 0.342 e. The van der Waals surface area contributed by atoms with Crippen molar-refractivity contribution in [3.05, 3.63) is 30.4 Å². The van der Waals surface area contributed by atoms with E-state index < -0.39 is 0 Å². The van der Waals surface area contributed by atoms with Gasteiger partial charge in [0.05, 0.1) is 11.4 Å². The summed E-state index contributed by atoms with van der Waals surface area (Å²) < 4.78 is 0. The fourth-order valence-corrected chi connectivity index (χ4v) is 2.45. The summed E-state index contributed by atoms with van der Waals surface area (Å²) in [5.41, 5.74) is 3.01. The Morgan fingerprint density at radius 3 is 2.56 bits per heavy atom. The SMILES string of the molecule is C=Cc1[nH]c(C2CCCCC2)nc1C(=C)C. The van der Waals surface area contributed by atoms with Crippen molar-refractivity contribution in [2.75, 3.05) is 0 Å². The molecule has 2 heteroatoms. The molecular weight excluding hydrogens is 196 g/mol. The van der Waals surface area contributed by atoms with E-state index in [1.807, 2.05) is 13.0 Å². The average Bonchev–Trinajstić information content (AvgIpc) is 2.74. The van der Waals surface area contributed by atoms with Crippen LogP contribution in [0.5, 0.6) is 0 Å².